The van der Waals surface area contributed by atoms with Crippen LogP contribution in [0.5, 0.6) is 0 Å². The summed E-state index contributed by atoms with van der Waals surface area (Å²) in [5, 5.41) is 15.1. The Balaban J connectivity index is 1.80. The van der Waals surface area contributed by atoms with Crippen molar-refractivity contribution in [2.24, 2.45) is 0 Å². The average molecular weight is 304 g/mol. The van der Waals surface area contributed by atoms with Crippen LogP contribution < -0.4 is 5.32 Å². The van der Waals surface area contributed by atoms with Gasteiger partial charge in [0.2, 0.25) is 0 Å². The maximum Gasteiger partial charge on any atom is 0.0963 e. The summed E-state index contributed by atoms with van der Waals surface area (Å²) < 4.78 is 0. The van der Waals surface area contributed by atoms with Crippen LogP contribution in [0.4, 0.5) is 5.69 Å². The Kier molecular flexibility index (Phi) is 3.72. The molecule has 2 aromatic carbocycles. The zero-order valence-electron chi connectivity index (χ0n) is 13.0. The lowest BCUT2D eigenvalue weighted by atomic mass is 9.90. The molecule has 116 valence electrons. The average Bonchev–Trinajstić information content (AvgIpc) is 2.60. The van der Waals surface area contributed by atoms with Gasteiger partial charge in [-0.3, -0.25) is 0 Å². The first-order valence-electron chi connectivity index (χ1n) is 8.20. The molecular weight excluding hydrogens is 284 g/mol. The van der Waals surface area contributed by atoms with Crippen molar-refractivity contribution in [1.29, 1.82) is 0 Å². The fourth-order valence-corrected chi connectivity index (χ4v) is 3.40. The molecule has 23 heavy (non-hydrogen) atoms. The van der Waals surface area contributed by atoms with Gasteiger partial charge in [0.05, 0.1) is 17.3 Å². The first kappa shape index (κ1) is 14.2. The lowest BCUT2D eigenvalue weighted by Crippen LogP contribution is -2.15. The Morgan fingerprint density at radius 3 is 2.70 bits per heavy atom. The van der Waals surface area contributed by atoms with Crippen molar-refractivity contribution in [3.8, 4) is 0 Å². The Labute approximate surface area is 136 Å². The van der Waals surface area contributed by atoms with Gasteiger partial charge in [0, 0.05) is 23.2 Å². The minimum Gasteiger partial charge on any atom is -0.387 e. The number of hydrogen-bond acceptors (Lipinski definition) is 3. The van der Waals surface area contributed by atoms with Gasteiger partial charge in [-0.2, -0.15) is 0 Å². The first-order chi connectivity index (χ1) is 11.3. The molecule has 4 rings (SSSR count). The normalized spacial score (nSPS) is 17.0. The molecule has 0 saturated heterocycles. The summed E-state index contributed by atoms with van der Waals surface area (Å²) in [6.07, 6.45) is 2.34. The van der Waals surface area contributed by atoms with Crippen molar-refractivity contribution in [1.82, 2.24) is 4.98 Å². The lowest BCUT2D eigenvalue weighted by molar-refractivity contribution is 0.152. The minimum absolute atomic E-state index is 0.444. The van der Waals surface area contributed by atoms with Crippen molar-refractivity contribution >= 4 is 16.6 Å². The molecule has 1 aliphatic carbocycles. The summed E-state index contributed by atoms with van der Waals surface area (Å²) in [6, 6.07) is 18.6. The Morgan fingerprint density at radius 2 is 1.83 bits per heavy atom. The van der Waals surface area contributed by atoms with Crippen molar-refractivity contribution in [3.63, 3.8) is 0 Å². The molecule has 0 bridgehead atoms. The third-order valence-electron chi connectivity index (χ3n) is 4.56. The van der Waals surface area contributed by atoms with Gasteiger partial charge in [0.25, 0.3) is 0 Å². The highest BCUT2D eigenvalue weighted by atomic mass is 16.3. The molecule has 0 amide bonds. The summed E-state index contributed by atoms with van der Waals surface area (Å²) in [5.74, 6) is 0. The molecule has 3 nitrogen and oxygen atoms in total. The van der Waals surface area contributed by atoms with E-state index in [4.69, 9.17) is 4.98 Å². The predicted molar refractivity (Wildman–Crippen MR) is 93.4 cm³/mol. The molecule has 0 unspecified atom stereocenters. The van der Waals surface area contributed by atoms with E-state index in [2.05, 4.69) is 35.6 Å². The fourth-order valence-electron chi connectivity index (χ4n) is 3.40. The Bertz CT molecular complexity index is 830. The largest absolute Gasteiger partial charge is 0.387 e. The molecule has 3 heteroatoms. The second-order valence-corrected chi connectivity index (χ2v) is 6.11. The number of fused-ring (bicyclic) bond motifs is 2. The van der Waals surface area contributed by atoms with Crippen molar-refractivity contribution < 1.29 is 5.11 Å². The smallest absolute Gasteiger partial charge is 0.0963 e. The number of aromatic nitrogens is 1. The molecule has 1 aliphatic rings. The van der Waals surface area contributed by atoms with Crippen LogP contribution in [0.2, 0.25) is 0 Å². The molecule has 0 fully saturated rings. The van der Waals surface area contributed by atoms with Crippen molar-refractivity contribution in [2.75, 3.05) is 5.32 Å². The zero-order valence-corrected chi connectivity index (χ0v) is 13.0. The minimum atomic E-state index is -0.444. The van der Waals surface area contributed by atoms with E-state index in [-0.39, 0.29) is 0 Å². The van der Waals surface area contributed by atoms with Gasteiger partial charge in [-0.05, 0) is 30.9 Å². The highest BCUT2D eigenvalue weighted by Gasteiger charge is 2.24. The van der Waals surface area contributed by atoms with Gasteiger partial charge in [0.15, 0.2) is 0 Å². The van der Waals surface area contributed by atoms with Gasteiger partial charge in [-0.1, -0.05) is 48.5 Å². The summed E-state index contributed by atoms with van der Waals surface area (Å²) >= 11 is 0. The lowest BCUT2D eigenvalue weighted by Gasteiger charge is -2.25. The Morgan fingerprint density at radius 1 is 1.04 bits per heavy atom. The third-order valence-corrected chi connectivity index (χ3v) is 4.56. The number of benzene rings is 2. The maximum absolute atomic E-state index is 10.3. The molecule has 3 aromatic rings. The molecule has 0 spiro atoms. The number of pyridine rings is 1. The molecule has 1 heterocycles. The monoisotopic (exact) mass is 304 g/mol. The zero-order chi connectivity index (χ0) is 15.6. The number of rotatable bonds is 3. The van der Waals surface area contributed by atoms with E-state index in [9.17, 15) is 5.11 Å². The standard InChI is InChI=1S/C20H20N2O/c23-18-12-6-10-16-19(21-13-14-7-2-1-3-8-14)15-9-4-5-11-17(15)22-20(16)18/h1-5,7-9,11,18,23H,6,10,12-13H2,(H,21,22)/t18-/m0/s1. The van der Waals surface area contributed by atoms with E-state index < -0.39 is 6.10 Å². The van der Waals surface area contributed by atoms with Gasteiger partial charge >= 0.3 is 0 Å². The van der Waals surface area contributed by atoms with Crippen LogP contribution >= 0.6 is 0 Å². The maximum atomic E-state index is 10.3. The first-order valence-corrected chi connectivity index (χ1v) is 8.20. The van der Waals surface area contributed by atoms with Crippen LogP contribution in [0, 0.1) is 0 Å². The summed E-state index contributed by atoms with van der Waals surface area (Å²) in [7, 11) is 0. The summed E-state index contributed by atoms with van der Waals surface area (Å²) in [6.45, 7) is 0.775. The summed E-state index contributed by atoms with van der Waals surface area (Å²) in [4.78, 5) is 4.72. The van der Waals surface area contributed by atoms with Gasteiger partial charge in [-0.25, -0.2) is 4.98 Å². The van der Waals surface area contributed by atoms with Crippen LogP contribution in [0.15, 0.2) is 54.6 Å². The van der Waals surface area contributed by atoms with E-state index >= 15 is 0 Å². The van der Waals surface area contributed by atoms with Gasteiger partial charge in [0.1, 0.15) is 0 Å². The molecule has 0 aliphatic heterocycles. The number of nitrogens with one attached hydrogen (secondary N) is 1. The quantitative estimate of drug-likeness (QED) is 0.761. The van der Waals surface area contributed by atoms with E-state index in [1.807, 2.05) is 24.3 Å². The Hall–Kier alpha value is -2.39. The second-order valence-electron chi connectivity index (χ2n) is 6.11. The number of para-hydroxylation sites is 1. The molecule has 1 atom stereocenters. The number of nitrogens with zero attached hydrogens (tertiary/aromatic N) is 1. The highest BCUT2D eigenvalue weighted by molar-refractivity contribution is 5.93. The van der Waals surface area contributed by atoms with Crippen LogP contribution in [0.3, 0.4) is 0 Å². The van der Waals surface area contributed by atoms with Crippen molar-refractivity contribution in [2.45, 2.75) is 31.9 Å². The molecule has 0 radical (unpaired) electrons. The van der Waals surface area contributed by atoms with Crippen LogP contribution in [0.1, 0.15) is 35.8 Å². The number of anilines is 1. The number of aliphatic hydroxyl groups is 1. The van der Waals surface area contributed by atoms with Crippen LogP contribution in [0.25, 0.3) is 10.9 Å². The molecular formula is C20H20N2O. The van der Waals surface area contributed by atoms with Crippen molar-refractivity contribution in [3.05, 3.63) is 71.4 Å². The molecule has 2 N–H and O–H groups in total. The highest BCUT2D eigenvalue weighted by Crippen LogP contribution is 2.37. The van der Waals surface area contributed by atoms with E-state index in [1.165, 1.54) is 11.1 Å². The van der Waals surface area contributed by atoms with E-state index in [0.29, 0.717) is 0 Å². The molecule has 1 aromatic heterocycles. The number of aliphatic hydroxyl groups excluding tert-OH is 1. The SMILES string of the molecule is O[C@H]1CCCc2c1nc1ccccc1c2NCc1ccccc1. The topological polar surface area (TPSA) is 45.2 Å². The third kappa shape index (κ3) is 2.68. The van der Waals surface area contributed by atoms with E-state index in [1.54, 1.807) is 0 Å². The second kappa shape index (κ2) is 6.01. The van der Waals surface area contributed by atoms with Crippen LogP contribution in [-0.2, 0) is 13.0 Å². The van der Waals surface area contributed by atoms with Gasteiger partial charge < -0.3 is 10.4 Å². The fraction of sp³-hybridized carbons (Fsp3) is 0.250. The molecule has 0 saturated carbocycles. The van der Waals surface area contributed by atoms with E-state index in [0.717, 1.165) is 48.1 Å². The number of hydrogen-bond donors (Lipinski definition) is 2. The predicted octanol–water partition coefficient (Wildman–Crippen LogP) is 4.22. The van der Waals surface area contributed by atoms with Gasteiger partial charge in [-0.15, -0.1) is 0 Å². The summed E-state index contributed by atoms with van der Waals surface area (Å²) in [5.41, 5.74) is 5.36. The van der Waals surface area contributed by atoms with Crippen LogP contribution in [-0.4, -0.2) is 10.1 Å².